The number of aryl methyl sites for hydroxylation is 1. The molecular weight excluding hydrogens is 368 g/mol. The van der Waals surface area contributed by atoms with Crippen LogP contribution in [0.5, 0.6) is 5.75 Å². The molecule has 3 aromatic rings. The minimum absolute atomic E-state index is 0.113. The van der Waals surface area contributed by atoms with Gasteiger partial charge >= 0.3 is 0 Å². The van der Waals surface area contributed by atoms with Crippen molar-refractivity contribution in [3.63, 3.8) is 0 Å². The van der Waals surface area contributed by atoms with Crippen LogP contribution in [-0.4, -0.2) is 31.4 Å². The fraction of sp³-hybridized carbons (Fsp3) is 0.118. The monoisotopic (exact) mass is 384 g/mol. The van der Waals surface area contributed by atoms with Crippen molar-refractivity contribution in [3.8, 4) is 5.75 Å². The first-order valence-electron chi connectivity index (χ1n) is 7.88. The smallest absolute Gasteiger partial charge is 0.270 e. The summed E-state index contributed by atoms with van der Waals surface area (Å²) in [5, 5.41) is 31.8. The van der Waals surface area contributed by atoms with Crippen molar-refractivity contribution in [1.29, 1.82) is 0 Å². The van der Waals surface area contributed by atoms with Crippen LogP contribution in [0.15, 0.2) is 52.7 Å². The van der Waals surface area contributed by atoms with Gasteiger partial charge in [0.2, 0.25) is 11.1 Å². The minimum Gasteiger partial charge on any atom is -0.507 e. The van der Waals surface area contributed by atoms with Gasteiger partial charge in [0.15, 0.2) is 0 Å². The molecule has 0 saturated heterocycles. The number of H-pyrrole nitrogens is 1. The molecular formula is C17H16N6O3S. The Kier molecular flexibility index (Phi) is 5.67. The van der Waals surface area contributed by atoms with E-state index in [-0.39, 0.29) is 17.0 Å². The number of nitro benzene ring substituents is 1. The van der Waals surface area contributed by atoms with Crippen LogP contribution in [0.4, 0.5) is 11.6 Å². The highest BCUT2D eigenvalue weighted by atomic mass is 32.2. The molecule has 0 bridgehead atoms. The lowest BCUT2D eigenvalue weighted by molar-refractivity contribution is -0.384. The molecule has 10 heteroatoms. The van der Waals surface area contributed by atoms with Gasteiger partial charge in [-0.15, -0.1) is 5.10 Å². The molecule has 0 amide bonds. The van der Waals surface area contributed by atoms with E-state index in [9.17, 15) is 15.2 Å². The second-order valence-corrected chi connectivity index (χ2v) is 6.55. The number of nitro groups is 1. The highest BCUT2D eigenvalue weighted by molar-refractivity contribution is 7.98. The SMILES string of the molecule is Cc1ccc(CSc2n[nH]c(N/N=C\c3cc([N+](=O)[O-])ccc3O)n2)cc1. The van der Waals surface area contributed by atoms with Crippen LogP contribution in [0, 0.1) is 17.0 Å². The number of hydrogen-bond acceptors (Lipinski definition) is 8. The van der Waals surface area contributed by atoms with Gasteiger partial charge in [-0.25, -0.2) is 10.5 Å². The van der Waals surface area contributed by atoms with E-state index in [1.165, 1.54) is 47.3 Å². The molecule has 0 aliphatic carbocycles. The molecule has 27 heavy (non-hydrogen) atoms. The number of nitrogens with zero attached hydrogens (tertiary/aromatic N) is 4. The summed E-state index contributed by atoms with van der Waals surface area (Å²) in [6, 6.07) is 11.9. The van der Waals surface area contributed by atoms with Gasteiger partial charge in [-0.2, -0.15) is 10.1 Å². The first-order chi connectivity index (χ1) is 13.0. The topological polar surface area (TPSA) is 129 Å². The zero-order valence-electron chi connectivity index (χ0n) is 14.3. The Balaban J connectivity index is 1.58. The van der Waals surface area contributed by atoms with Gasteiger partial charge in [0.1, 0.15) is 5.75 Å². The average molecular weight is 384 g/mol. The third kappa shape index (κ3) is 5.05. The molecule has 9 nitrogen and oxygen atoms in total. The first kappa shape index (κ1) is 18.4. The number of nitrogens with one attached hydrogen (secondary N) is 2. The maximum absolute atomic E-state index is 10.8. The van der Waals surface area contributed by atoms with E-state index >= 15 is 0 Å². The number of non-ortho nitro benzene ring substituents is 1. The highest BCUT2D eigenvalue weighted by Crippen LogP contribution is 2.22. The number of rotatable bonds is 7. The van der Waals surface area contributed by atoms with E-state index in [0.717, 1.165) is 5.75 Å². The number of benzene rings is 2. The van der Waals surface area contributed by atoms with Crippen LogP contribution in [0.3, 0.4) is 0 Å². The fourth-order valence-electron chi connectivity index (χ4n) is 2.11. The van der Waals surface area contributed by atoms with Crippen molar-refractivity contribution in [1.82, 2.24) is 15.2 Å². The minimum atomic E-state index is -0.543. The zero-order valence-corrected chi connectivity index (χ0v) is 15.1. The predicted octanol–water partition coefficient (Wildman–Crippen LogP) is 3.47. The van der Waals surface area contributed by atoms with E-state index in [1.54, 1.807) is 0 Å². The largest absolute Gasteiger partial charge is 0.507 e. The Bertz CT molecular complexity index is 971. The van der Waals surface area contributed by atoms with Gasteiger partial charge in [-0.3, -0.25) is 10.1 Å². The lowest BCUT2D eigenvalue weighted by Crippen LogP contribution is -1.94. The third-order valence-corrected chi connectivity index (χ3v) is 4.47. The standard InChI is InChI=1S/C17H16N6O3S/c1-11-2-4-12(5-3-11)10-27-17-19-16(21-22-17)20-18-9-13-8-14(23(25)26)6-7-15(13)24/h2-9,24H,10H2,1H3,(H2,19,20,21,22)/b18-9-. The molecule has 1 heterocycles. The first-order valence-corrected chi connectivity index (χ1v) is 8.87. The number of aromatic amines is 1. The van der Waals surface area contributed by atoms with Gasteiger partial charge in [0.25, 0.3) is 5.69 Å². The van der Waals surface area contributed by atoms with Crippen molar-refractivity contribution in [3.05, 3.63) is 69.3 Å². The van der Waals surface area contributed by atoms with Crippen molar-refractivity contribution < 1.29 is 10.0 Å². The molecule has 3 rings (SSSR count). The van der Waals surface area contributed by atoms with Crippen LogP contribution >= 0.6 is 11.8 Å². The number of phenols is 1. The van der Waals surface area contributed by atoms with Crippen molar-refractivity contribution in [2.24, 2.45) is 5.10 Å². The number of hydrogen-bond donors (Lipinski definition) is 3. The molecule has 1 aromatic heterocycles. The van der Waals surface area contributed by atoms with Crippen molar-refractivity contribution >= 4 is 29.6 Å². The zero-order chi connectivity index (χ0) is 19.2. The lowest BCUT2D eigenvalue weighted by Gasteiger charge is -1.99. The highest BCUT2D eigenvalue weighted by Gasteiger charge is 2.09. The predicted molar refractivity (Wildman–Crippen MR) is 103 cm³/mol. The molecule has 3 N–H and O–H groups in total. The molecule has 0 atom stereocenters. The van der Waals surface area contributed by atoms with E-state index in [0.29, 0.717) is 11.1 Å². The van der Waals surface area contributed by atoms with Gasteiger partial charge in [-0.05, 0) is 18.6 Å². The number of thioether (sulfide) groups is 1. The summed E-state index contributed by atoms with van der Waals surface area (Å²) in [6.07, 6.45) is 1.27. The summed E-state index contributed by atoms with van der Waals surface area (Å²) in [5.74, 6) is 0.947. The van der Waals surface area contributed by atoms with Crippen LogP contribution in [0.2, 0.25) is 0 Å². The molecule has 138 valence electrons. The fourth-order valence-corrected chi connectivity index (χ4v) is 2.87. The summed E-state index contributed by atoms with van der Waals surface area (Å²) in [6.45, 7) is 2.04. The van der Waals surface area contributed by atoms with E-state index in [1.807, 2.05) is 6.92 Å². The summed E-state index contributed by atoms with van der Waals surface area (Å²) in [7, 11) is 0. The molecule has 0 radical (unpaired) electrons. The molecule has 2 aromatic carbocycles. The van der Waals surface area contributed by atoms with Crippen molar-refractivity contribution in [2.45, 2.75) is 17.8 Å². The molecule has 0 aliphatic heterocycles. The number of hydrazone groups is 1. The number of phenolic OH excluding ortho intramolecular Hbond substituents is 1. The van der Waals surface area contributed by atoms with Crippen LogP contribution in [-0.2, 0) is 5.75 Å². The summed E-state index contributed by atoms with van der Waals surface area (Å²) in [5.41, 5.74) is 5.10. The summed E-state index contributed by atoms with van der Waals surface area (Å²) in [4.78, 5) is 14.5. The van der Waals surface area contributed by atoms with E-state index in [2.05, 4.69) is 50.0 Å². The van der Waals surface area contributed by atoms with Crippen LogP contribution in [0.25, 0.3) is 0 Å². The molecule has 0 saturated carbocycles. The van der Waals surface area contributed by atoms with Gasteiger partial charge < -0.3 is 5.11 Å². The lowest BCUT2D eigenvalue weighted by atomic mass is 10.2. The van der Waals surface area contributed by atoms with Gasteiger partial charge in [-0.1, -0.05) is 41.6 Å². The Morgan fingerprint density at radius 1 is 1.33 bits per heavy atom. The average Bonchev–Trinajstić information content (AvgIpc) is 3.10. The molecule has 0 fully saturated rings. The van der Waals surface area contributed by atoms with Crippen LogP contribution < -0.4 is 5.43 Å². The Morgan fingerprint density at radius 2 is 2.11 bits per heavy atom. The summed E-state index contributed by atoms with van der Waals surface area (Å²) < 4.78 is 0. The van der Waals surface area contributed by atoms with Gasteiger partial charge in [0.05, 0.1) is 11.1 Å². The van der Waals surface area contributed by atoms with Crippen molar-refractivity contribution in [2.75, 3.05) is 5.43 Å². The second kappa shape index (κ2) is 8.32. The second-order valence-electron chi connectivity index (χ2n) is 5.61. The maximum Gasteiger partial charge on any atom is 0.270 e. The van der Waals surface area contributed by atoms with Gasteiger partial charge in [0, 0.05) is 23.4 Å². The quantitative estimate of drug-likeness (QED) is 0.246. The molecule has 0 spiro atoms. The molecule has 0 aliphatic rings. The maximum atomic E-state index is 10.8. The normalized spacial score (nSPS) is 11.0. The van der Waals surface area contributed by atoms with E-state index in [4.69, 9.17) is 0 Å². The Labute approximate surface area is 158 Å². The summed E-state index contributed by atoms with van der Waals surface area (Å²) >= 11 is 1.48. The third-order valence-electron chi connectivity index (χ3n) is 3.55. The Morgan fingerprint density at radius 3 is 2.85 bits per heavy atom. The number of anilines is 1. The van der Waals surface area contributed by atoms with E-state index < -0.39 is 4.92 Å². The number of aromatic nitrogens is 3. The molecule has 0 unspecified atom stereocenters. The van der Waals surface area contributed by atoms with Crippen LogP contribution in [0.1, 0.15) is 16.7 Å². The number of aromatic hydroxyl groups is 1. The Hall–Kier alpha value is -3.40.